The summed E-state index contributed by atoms with van der Waals surface area (Å²) in [5.74, 6) is -1.66. The van der Waals surface area contributed by atoms with E-state index >= 15 is 0 Å². The summed E-state index contributed by atoms with van der Waals surface area (Å²) >= 11 is 0. The fourth-order valence-corrected chi connectivity index (χ4v) is 3.38. The summed E-state index contributed by atoms with van der Waals surface area (Å²) in [4.78, 5) is 37.5. The second-order valence-electron chi connectivity index (χ2n) is 6.86. The summed E-state index contributed by atoms with van der Waals surface area (Å²) in [5.41, 5.74) is 1.65. The highest BCUT2D eigenvalue weighted by Crippen LogP contribution is 2.31. The molecule has 8 nitrogen and oxygen atoms in total. The first-order valence-electron chi connectivity index (χ1n) is 9.04. The van der Waals surface area contributed by atoms with Crippen molar-refractivity contribution in [1.82, 2.24) is 10.2 Å². The molecule has 0 unspecified atom stereocenters. The van der Waals surface area contributed by atoms with Crippen molar-refractivity contribution in [2.75, 3.05) is 22.1 Å². The van der Waals surface area contributed by atoms with Crippen molar-refractivity contribution >= 4 is 45.8 Å². The normalized spacial score (nSPS) is 16.3. The number of halogens is 1. The molecule has 1 aliphatic heterocycles. The van der Waals surface area contributed by atoms with Crippen LogP contribution in [0.5, 0.6) is 0 Å². The number of H-pyrrole nitrogens is 1. The molecule has 1 saturated heterocycles. The van der Waals surface area contributed by atoms with Crippen LogP contribution < -0.4 is 15.5 Å². The lowest BCUT2D eigenvalue weighted by molar-refractivity contribution is -0.122. The smallest absolute Gasteiger partial charge is 0.229 e. The van der Waals surface area contributed by atoms with E-state index in [1.54, 1.807) is 36.4 Å². The Morgan fingerprint density at radius 3 is 2.52 bits per heavy atom. The van der Waals surface area contributed by atoms with Crippen molar-refractivity contribution in [3.05, 3.63) is 48.3 Å². The number of carbonyl (C=O) groups is 3. The van der Waals surface area contributed by atoms with E-state index in [1.165, 1.54) is 17.9 Å². The van der Waals surface area contributed by atoms with Gasteiger partial charge in [0.05, 0.1) is 16.8 Å². The fraction of sp³-hybridized carbons (Fsp3) is 0.200. The van der Waals surface area contributed by atoms with Gasteiger partial charge in [-0.2, -0.15) is 5.10 Å². The fourth-order valence-electron chi connectivity index (χ4n) is 3.38. The van der Waals surface area contributed by atoms with Gasteiger partial charge in [-0.05, 0) is 36.4 Å². The molecule has 0 aliphatic carbocycles. The average molecular weight is 395 g/mol. The molecule has 29 heavy (non-hydrogen) atoms. The SMILES string of the molecule is CC(=O)Nc1ccc(NC(=O)[C@@H]2CC(=O)N(c3n[nH]c4cccc(F)c34)C2)cc1. The van der Waals surface area contributed by atoms with Crippen molar-refractivity contribution in [3.8, 4) is 0 Å². The van der Waals surface area contributed by atoms with Crippen LogP contribution in [-0.2, 0) is 14.4 Å². The summed E-state index contributed by atoms with van der Waals surface area (Å²) in [6.07, 6.45) is 0.0125. The number of hydrogen-bond acceptors (Lipinski definition) is 4. The van der Waals surface area contributed by atoms with Gasteiger partial charge in [0.15, 0.2) is 5.82 Å². The molecule has 0 spiro atoms. The summed E-state index contributed by atoms with van der Waals surface area (Å²) < 4.78 is 14.2. The highest BCUT2D eigenvalue weighted by molar-refractivity contribution is 6.07. The van der Waals surface area contributed by atoms with Crippen molar-refractivity contribution in [3.63, 3.8) is 0 Å². The third-order valence-electron chi connectivity index (χ3n) is 4.74. The Morgan fingerprint density at radius 2 is 1.83 bits per heavy atom. The Morgan fingerprint density at radius 1 is 1.14 bits per heavy atom. The molecule has 0 saturated carbocycles. The molecule has 9 heteroatoms. The molecule has 148 valence electrons. The van der Waals surface area contributed by atoms with Crippen LogP contribution in [0.25, 0.3) is 10.9 Å². The Kier molecular flexibility index (Phi) is 4.71. The van der Waals surface area contributed by atoms with Gasteiger partial charge >= 0.3 is 0 Å². The number of nitrogens with one attached hydrogen (secondary N) is 3. The zero-order chi connectivity index (χ0) is 20.5. The van der Waals surface area contributed by atoms with E-state index in [1.807, 2.05) is 0 Å². The second-order valence-corrected chi connectivity index (χ2v) is 6.86. The number of rotatable bonds is 4. The number of anilines is 3. The maximum atomic E-state index is 14.2. The van der Waals surface area contributed by atoms with Crippen LogP contribution in [0.3, 0.4) is 0 Å². The number of hydrogen-bond donors (Lipinski definition) is 3. The van der Waals surface area contributed by atoms with E-state index in [-0.39, 0.29) is 41.9 Å². The van der Waals surface area contributed by atoms with Gasteiger partial charge in [-0.15, -0.1) is 0 Å². The Labute approximate surface area is 165 Å². The van der Waals surface area contributed by atoms with E-state index in [4.69, 9.17) is 0 Å². The van der Waals surface area contributed by atoms with E-state index in [9.17, 15) is 18.8 Å². The van der Waals surface area contributed by atoms with Gasteiger partial charge in [0.2, 0.25) is 17.7 Å². The van der Waals surface area contributed by atoms with Crippen molar-refractivity contribution in [2.45, 2.75) is 13.3 Å². The van der Waals surface area contributed by atoms with Crippen molar-refractivity contribution < 1.29 is 18.8 Å². The van der Waals surface area contributed by atoms with Gasteiger partial charge in [0.25, 0.3) is 0 Å². The number of benzene rings is 2. The predicted octanol–water partition coefficient (Wildman–Crippen LogP) is 2.65. The van der Waals surface area contributed by atoms with Gasteiger partial charge in [0.1, 0.15) is 5.82 Å². The lowest BCUT2D eigenvalue weighted by Gasteiger charge is -2.14. The van der Waals surface area contributed by atoms with Crippen LogP contribution >= 0.6 is 0 Å². The van der Waals surface area contributed by atoms with Crippen LogP contribution in [0.15, 0.2) is 42.5 Å². The number of aromatic amines is 1. The topological polar surface area (TPSA) is 107 Å². The molecule has 0 bridgehead atoms. The van der Waals surface area contributed by atoms with Crippen LogP contribution in [0.2, 0.25) is 0 Å². The largest absolute Gasteiger partial charge is 0.326 e. The molecule has 2 heterocycles. The first-order chi connectivity index (χ1) is 13.9. The molecule has 1 atom stereocenters. The molecule has 1 fully saturated rings. The minimum absolute atomic E-state index is 0.0125. The van der Waals surface area contributed by atoms with Crippen LogP contribution in [0.1, 0.15) is 13.3 Å². The third-order valence-corrected chi connectivity index (χ3v) is 4.74. The maximum Gasteiger partial charge on any atom is 0.229 e. The summed E-state index contributed by atoms with van der Waals surface area (Å²) in [6, 6.07) is 11.2. The molecule has 2 aromatic carbocycles. The molecule has 3 N–H and O–H groups in total. The lowest BCUT2D eigenvalue weighted by Crippen LogP contribution is -2.28. The van der Waals surface area contributed by atoms with Gasteiger partial charge in [-0.3, -0.25) is 24.4 Å². The van der Waals surface area contributed by atoms with E-state index in [0.717, 1.165) is 0 Å². The number of nitrogens with zero attached hydrogens (tertiary/aromatic N) is 2. The third kappa shape index (κ3) is 3.66. The summed E-state index contributed by atoms with van der Waals surface area (Å²) in [5, 5.41) is 12.4. The molecular weight excluding hydrogens is 377 g/mol. The first kappa shape index (κ1) is 18.6. The Balaban J connectivity index is 1.47. The Bertz CT molecular complexity index is 1110. The van der Waals surface area contributed by atoms with Crippen LogP contribution in [-0.4, -0.2) is 34.5 Å². The maximum absolute atomic E-state index is 14.2. The van der Waals surface area contributed by atoms with E-state index in [2.05, 4.69) is 20.8 Å². The van der Waals surface area contributed by atoms with Gasteiger partial charge in [0, 0.05) is 31.3 Å². The highest BCUT2D eigenvalue weighted by atomic mass is 19.1. The standard InChI is InChI=1S/C20H18FN5O3/c1-11(27)22-13-5-7-14(8-6-13)23-20(29)12-9-17(28)26(10-12)19-18-15(21)3-2-4-16(18)24-25-19/h2-8,12H,9-10H2,1H3,(H,22,27)(H,23,29)(H,24,25)/t12-/m1/s1. The zero-order valence-electron chi connectivity index (χ0n) is 15.5. The predicted molar refractivity (Wildman–Crippen MR) is 106 cm³/mol. The highest BCUT2D eigenvalue weighted by Gasteiger charge is 2.37. The molecule has 0 radical (unpaired) electrons. The molecule has 1 aromatic heterocycles. The molecular formula is C20H18FN5O3. The first-order valence-corrected chi connectivity index (χ1v) is 9.04. The quantitative estimate of drug-likeness (QED) is 0.631. The average Bonchev–Trinajstić information content (AvgIpc) is 3.27. The number of carbonyl (C=O) groups excluding carboxylic acids is 3. The minimum atomic E-state index is -0.587. The molecule has 4 rings (SSSR count). The van der Waals surface area contributed by atoms with Crippen molar-refractivity contribution in [1.29, 1.82) is 0 Å². The zero-order valence-corrected chi connectivity index (χ0v) is 15.5. The molecule has 3 amide bonds. The second kappa shape index (κ2) is 7.34. The van der Waals surface area contributed by atoms with E-state index < -0.39 is 11.7 Å². The Hall–Kier alpha value is -3.75. The number of aromatic nitrogens is 2. The summed E-state index contributed by atoms with van der Waals surface area (Å²) in [6.45, 7) is 1.52. The number of amides is 3. The monoisotopic (exact) mass is 395 g/mol. The lowest BCUT2D eigenvalue weighted by atomic mass is 10.1. The molecule has 1 aliphatic rings. The van der Waals surface area contributed by atoms with Crippen LogP contribution in [0.4, 0.5) is 21.6 Å². The van der Waals surface area contributed by atoms with Crippen LogP contribution in [0, 0.1) is 11.7 Å². The number of fused-ring (bicyclic) bond motifs is 1. The van der Waals surface area contributed by atoms with Crippen molar-refractivity contribution in [2.24, 2.45) is 5.92 Å². The molecule has 3 aromatic rings. The van der Waals surface area contributed by atoms with Gasteiger partial charge in [-0.25, -0.2) is 4.39 Å². The summed E-state index contributed by atoms with van der Waals surface area (Å²) in [7, 11) is 0. The van der Waals surface area contributed by atoms with Gasteiger partial charge < -0.3 is 10.6 Å². The van der Waals surface area contributed by atoms with Gasteiger partial charge in [-0.1, -0.05) is 6.07 Å². The minimum Gasteiger partial charge on any atom is -0.326 e. The van der Waals surface area contributed by atoms with E-state index in [0.29, 0.717) is 16.9 Å².